The first-order chi connectivity index (χ1) is 13.0. The van der Waals surface area contributed by atoms with Gasteiger partial charge in [0.05, 0.1) is 19.2 Å². The quantitative estimate of drug-likeness (QED) is 0.891. The van der Waals surface area contributed by atoms with Crippen LogP contribution in [0.4, 0.5) is 8.78 Å². The Morgan fingerprint density at radius 2 is 1.89 bits per heavy atom. The number of nitrogens with zero attached hydrogens (tertiary/aromatic N) is 1. The van der Waals surface area contributed by atoms with E-state index in [0.717, 1.165) is 16.7 Å². The van der Waals surface area contributed by atoms with Gasteiger partial charge in [0.1, 0.15) is 18.0 Å². The second kappa shape index (κ2) is 7.37. The zero-order valence-electron chi connectivity index (χ0n) is 15.0. The number of quaternary nitrogens is 1. The second-order valence-corrected chi connectivity index (χ2v) is 7.30. The molecule has 27 heavy (non-hydrogen) atoms. The van der Waals surface area contributed by atoms with Crippen LogP contribution in [0.25, 0.3) is 11.1 Å². The van der Waals surface area contributed by atoms with Gasteiger partial charge >= 0.3 is 0 Å². The smallest absolute Gasteiger partial charge is 0.252 e. The van der Waals surface area contributed by atoms with E-state index >= 15 is 0 Å². The van der Waals surface area contributed by atoms with Gasteiger partial charge < -0.3 is 15.4 Å². The highest BCUT2D eigenvalue weighted by atomic mass is 19.1. The molecule has 0 aliphatic carbocycles. The van der Waals surface area contributed by atoms with Gasteiger partial charge in [0.2, 0.25) is 0 Å². The summed E-state index contributed by atoms with van der Waals surface area (Å²) in [6, 6.07) is 13.4. The highest BCUT2D eigenvalue weighted by Gasteiger charge is 2.47. The van der Waals surface area contributed by atoms with E-state index in [2.05, 4.69) is 5.73 Å². The largest absolute Gasteiger partial charge is 0.368 e. The van der Waals surface area contributed by atoms with Gasteiger partial charge in [0.15, 0.2) is 6.17 Å². The zero-order valence-corrected chi connectivity index (χ0v) is 15.0. The molecule has 2 saturated heterocycles. The van der Waals surface area contributed by atoms with Gasteiger partial charge in [-0.05, 0) is 35.2 Å². The first kappa shape index (κ1) is 18.1. The van der Waals surface area contributed by atoms with Crippen LogP contribution in [0.3, 0.4) is 0 Å². The highest BCUT2D eigenvalue weighted by Crippen LogP contribution is 2.27. The first-order valence-electron chi connectivity index (χ1n) is 9.27. The Morgan fingerprint density at radius 3 is 2.56 bits per heavy atom. The molecule has 142 valence electrons. The number of amides is 1. The third-order valence-corrected chi connectivity index (χ3v) is 5.52. The summed E-state index contributed by atoms with van der Waals surface area (Å²) in [6.45, 7) is 0.651. The van der Waals surface area contributed by atoms with Crippen LogP contribution in [-0.4, -0.2) is 48.3 Å². The number of carbonyl (C=O) groups excluding carboxylic acids is 1. The Labute approximate surface area is 156 Å². The van der Waals surface area contributed by atoms with Crippen molar-refractivity contribution in [2.45, 2.75) is 37.2 Å². The fraction of sp³-hybridized carbons (Fsp3) is 0.381. The lowest BCUT2D eigenvalue weighted by Gasteiger charge is -2.32. The number of alkyl halides is 1. The van der Waals surface area contributed by atoms with Crippen molar-refractivity contribution in [3.05, 3.63) is 59.9 Å². The maximum absolute atomic E-state index is 14.3. The predicted molar refractivity (Wildman–Crippen MR) is 97.0 cm³/mol. The Bertz CT molecular complexity index is 840. The number of rotatable bonds is 4. The van der Waals surface area contributed by atoms with E-state index in [9.17, 15) is 13.6 Å². The number of benzene rings is 2. The lowest BCUT2D eigenvalue weighted by atomic mass is 9.96. The van der Waals surface area contributed by atoms with E-state index in [0.29, 0.717) is 19.4 Å². The van der Waals surface area contributed by atoms with Crippen molar-refractivity contribution in [1.82, 2.24) is 4.90 Å². The van der Waals surface area contributed by atoms with Crippen molar-refractivity contribution in [2.24, 2.45) is 0 Å². The summed E-state index contributed by atoms with van der Waals surface area (Å²) in [5, 5.41) is 0. The average molecular weight is 373 g/mol. The topological polar surface area (TPSA) is 57.2 Å². The number of carbonyl (C=O) groups is 1. The lowest BCUT2D eigenvalue weighted by Crippen LogP contribution is -2.69. The number of likely N-dealkylation sites (tertiary alicyclic amines) is 1. The van der Waals surface area contributed by atoms with Gasteiger partial charge in [-0.3, -0.25) is 4.79 Å². The molecule has 2 fully saturated rings. The summed E-state index contributed by atoms with van der Waals surface area (Å²) in [6.07, 6.45) is -0.374. The van der Waals surface area contributed by atoms with Crippen LogP contribution in [0.2, 0.25) is 0 Å². The average Bonchev–Trinajstić information content (AvgIpc) is 2.89. The van der Waals surface area contributed by atoms with E-state index < -0.39 is 18.3 Å². The van der Waals surface area contributed by atoms with Crippen LogP contribution in [-0.2, 0) is 16.0 Å². The number of ether oxygens (including phenoxy) is 1. The van der Waals surface area contributed by atoms with Crippen LogP contribution >= 0.6 is 0 Å². The maximum atomic E-state index is 14.3. The molecule has 3 N–H and O–H groups in total. The van der Waals surface area contributed by atoms with E-state index in [4.69, 9.17) is 4.74 Å². The van der Waals surface area contributed by atoms with Gasteiger partial charge in [-0.2, -0.15) is 0 Å². The molecule has 0 bridgehead atoms. The Kier molecular flexibility index (Phi) is 4.93. The van der Waals surface area contributed by atoms with E-state index in [1.807, 2.05) is 30.3 Å². The molecule has 2 heterocycles. The van der Waals surface area contributed by atoms with Crippen molar-refractivity contribution in [3.8, 4) is 11.1 Å². The summed E-state index contributed by atoms with van der Waals surface area (Å²) < 4.78 is 33.1. The summed E-state index contributed by atoms with van der Waals surface area (Å²) >= 11 is 0. The molecule has 4 rings (SSSR count). The van der Waals surface area contributed by atoms with Gasteiger partial charge in [-0.1, -0.05) is 36.4 Å². The van der Waals surface area contributed by atoms with Gasteiger partial charge in [-0.15, -0.1) is 0 Å². The SMILES string of the molecule is [NH3+][C@H]1[C@@H](F)CN(C(=O)C2CCO2)[C@H]1Cc1cccc(-c2cccc(F)c2)c1. The maximum Gasteiger partial charge on any atom is 0.252 e. The van der Waals surface area contributed by atoms with Crippen molar-refractivity contribution in [1.29, 1.82) is 0 Å². The van der Waals surface area contributed by atoms with Gasteiger partial charge in [0.25, 0.3) is 5.91 Å². The van der Waals surface area contributed by atoms with Crippen LogP contribution in [0.5, 0.6) is 0 Å². The van der Waals surface area contributed by atoms with E-state index in [-0.39, 0.29) is 24.3 Å². The molecule has 2 aliphatic rings. The molecule has 1 unspecified atom stereocenters. The molecule has 4 nitrogen and oxygen atoms in total. The first-order valence-corrected chi connectivity index (χ1v) is 9.27. The Balaban J connectivity index is 1.56. The van der Waals surface area contributed by atoms with Gasteiger partial charge in [0, 0.05) is 6.42 Å². The van der Waals surface area contributed by atoms with Crippen molar-refractivity contribution in [2.75, 3.05) is 13.2 Å². The Morgan fingerprint density at radius 1 is 1.19 bits per heavy atom. The molecule has 0 aromatic heterocycles. The standard InChI is InChI=1S/C21H22F2N2O2/c22-16-6-2-5-15(11-16)14-4-1-3-13(9-14)10-18-20(24)17(23)12-25(18)21(26)19-7-8-27-19/h1-6,9,11,17-20H,7-8,10,12,24H2/p+1/t17-,18-,19?,20-/m0/s1. The summed E-state index contributed by atoms with van der Waals surface area (Å²) in [5.41, 5.74) is 6.61. The van der Waals surface area contributed by atoms with Crippen LogP contribution < -0.4 is 5.73 Å². The number of halogens is 2. The van der Waals surface area contributed by atoms with Crippen LogP contribution in [0, 0.1) is 5.82 Å². The molecule has 1 amide bonds. The molecule has 6 heteroatoms. The normalized spacial score (nSPS) is 27.4. The van der Waals surface area contributed by atoms with Crippen molar-refractivity contribution in [3.63, 3.8) is 0 Å². The van der Waals surface area contributed by atoms with Crippen molar-refractivity contribution < 1.29 is 24.0 Å². The number of hydrogen-bond acceptors (Lipinski definition) is 2. The predicted octanol–water partition coefficient (Wildman–Crippen LogP) is 1.98. The minimum absolute atomic E-state index is 0.0705. The monoisotopic (exact) mass is 373 g/mol. The lowest BCUT2D eigenvalue weighted by molar-refractivity contribution is -0.432. The molecule has 2 aromatic carbocycles. The highest BCUT2D eigenvalue weighted by molar-refractivity contribution is 5.82. The van der Waals surface area contributed by atoms with E-state index in [1.165, 1.54) is 12.1 Å². The summed E-state index contributed by atoms with van der Waals surface area (Å²) in [4.78, 5) is 14.2. The molecule has 0 radical (unpaired) electrons. The van der Waals surface area contributed by atoms with E-state index in [1.54, 1.807) is 11.0 Å². The van der Waals surface area contributed by atoms with Crippen molar-refractivity contribution >= 4 is 5.91 Å². The molecule has 2 aromatic rings. The van der Waals surface area contributed by atoms with Gasteiger partial charge in [-0.25, -0.2) is 8.78 Å². The third-order valence-electron chi connectivity index (χ3n) is 5.52. The molecule has 2 aliphatic heterocycles. The minimum Gasteiger partial charge on any atom is -0.368 e. The summed E-state index contributed by atoms with van der Waals surface area (Å²) in [7, 11) is 0. The Hall–Kier alpha value is -2.31. The fourth-order valence-corrected chi connectivity index (χ4v) is 3.85. The molecule has 0 saturated carbocycles. The minimum atomic E-state index is -1.13. The molecular weight excluding hydrogens is 350 g/mol. The molecule has 4 atom stereocenters. The number of hydrogen-bond donors (Lipinski definition) is 1. The van der Waals surface area contributed by atoms with Crippen LogP contribution in [0.15, 0.2) is 48.5 Å². The fourth-order valence-electron chi connectivity index (χ4n) is 3.85. The molecule has 0 spiro atoms. The molecular formula is C21H23F2N2O2+. The summed E-state index contributed by atoms with van der Waals surface area (Å²) in [5.74, 6) is -0.426. The zero-order chi connectivity index (χ0) is 19.0. The third kappa shape index (κ3) is 3.59. The van der Waals surface area contributed by atoms with Crippen LogP contribution in [0.1, 0.15) is 12.0 Å². The second-order valence-electron chi connectivity index (χ2n) is 7.30.